The maximum absolute atomic E-state index is 12.9. The quantitative estimate of drug-likeness (QED) is 0.516. The molecule has 0 spiro atoms. The third kappa shape index (κ3) is 5.62. The van der Waals surface area contributed by atoms with Crippen LogP contribution in [0.3, 0.4) is 0 Å². The number of amides is 2. The monoisotopic (exact) mass is 515 g/mol. The highest BCUT2D eigenvalue weighted by Gasteiger charge is 2.26. The zero-order chi connectivity index (χ0) is 23.6. The van der Waals surface area contributed by atoms with E-state index in [2.05, 4.69) is 41.4 Å². The van der Waals surface area contributed by atoms with E-state index in [0.29, 0.717) is 27.8 Å². The molecule has 3 aromatic rings. The highest BCUT2D eigenvalue weighted by molar-refractivity contribution is 9.10. The molecule has 0 aromatic carbocycles. The van der Waals surface area contributed by atoms with E-state index in [1.165, 1.54) is 6.26 Å². The Hall–Kier alpha value is -3.14. The maximum atomic E-state index is 12.9. The lowest BCUT2D eigenvalue weighted by Crippen LogP contribution is -2.49. The molecule has 174 valence electrons. The van der Waals surface area contributed by atoms with Crippen LogP contribution in [0.15, 0.2) is 45.7 Å². The minimum Gasteiger partial charge on any atom is -0.461 e. The summed E-state index contributed by atoms with van der Waals surface area (Å²) in [5.74, 6) is -0.348. The van der Waals surface area contributed by atoms with Crippen LogP contribution in [0.5, 0.6) is 0 Å². The lowest BCUT2D eigenvalue weighted by atomic mass is 10.0. The first-order valence-corrected chi connectivity index (χ1v) is 11.5. The largest absolute Gasteiger partial charge is 0.461 e. The maximum Gasteiger partial charge on any atom is 0.407 e. The highest BCUT2D eigenvalue weighted by atomic mass is 79.9. The smallest absolute Gasteiger partial charge is 0.407 e. The fourth-order valence-electron chi connectivity index (χ4n) is 3.74. The first-order valence-electron chi connectivity index (χ1n) is 10.7. The van der Waals surface area contributed by atoms with Crippen molar-refractivity contribution in [3.8, 4) is 0 Å². The predicted octanol–water partition coefficient (Wildman–Crippen LogP) is 4.73. The molecule has 1 aliphatic rings. The molecule has 0 saturated carbocycles. The Morgan fingerprint density at radius 1 is 1.27 bits per heavy atom. The van der Waals surface area contributed by atoms with Gasteiger partial charge in [-0.25, -0.2) is 9.78 Å². The fourth-order valence-corrected chi connectivity index (χ4v) is 4.12. The molecular weight excluding hydrogens is 490 g/mol. The number of anilines is 2. The van der Waals surface area contributed by atoms with Gasteiger partial charge in [0.05, 0.1) is 22.0 Å². The van der Waals surface area contributed by atoms with Gasteiger partial charge in [0, 0.05) is 25.3 Å². The van der Waals surface area contributed by atoms with Gasteiger partial charge in [-0.2, -0.15) is 0 Å². The zero-order valence-electron chi connectivity index (χ0n) is 18.7. The van der Waals surface area contributed by atoms with Crippen LogP contribution in [0.4, 0.5) is 16.2 Å². The minimum absolute atomic E-state index is 0.0622. The molecule has 33 heavy (non-hydrogen) atoms. The van der Waals surface area contributed by atoms with Crippen molar-refractivity contribution in [2.75, 3.05) is 23.3 Å². The SMILES string of the molecule is CC(C)(C)OC(=O)N[C@H]1CCCN(c2ccncc2NC(=O)c2ccc3occ(Br)c3n2)C1. The second-order valence-electron chi connectivity index (χ2n) is 8.91. The van der Waals surface area contributed by atoms with Crippen molar-refractivity contribution in [1.29, 1.82) is 0 Å². The van der Waals surface area contributed by atoms with Crippen LogP contribution in [0.2, 0.25) is 0 Å². The number of rotatable bonds is 4. The number of nitrogens with zero attached hydrogens (tertiary/aromatic N) is 3. The number of ether oxygens (including phenoxy) is 1. The molecule has 2 amide bonds. The molecule has 0 radical (unpaired) electrons. The summed E-state index contributed by atoms with van der Waals surface area (Å²) in [5.41, 5.74) is 2.30. The molecule has 0 unspecified atom stereocenters. The van der Waals surface area contributed by atoms with E-state index in [4.69, 9.17) is 9.15 Å². The Balaban J connectivity index is 1.48. The van der Waals surface area contributed by atoms with Gasteiger partial charge < -0.3 is 24.7 Å². The number of hydrogen-bond acceptors (Lipinski definition) is 7. The molecule has 1 atom stereocenters. The lowest BCUT2D eigenvalue weighted by molar-refractivity contribution is 0.0500. The Labute approximate surface area is 200 Å². The number of carbonyl (C=O) groups is 2. The molecule has 4 rings (SSSR count). The number of carbonyl (C=O) groups excluding carboxylic acids is 2. The highest BCUT2D eigenvalue weighted by Crippen LogP contribution is 2.29. The van der Waals surface area contributed by atoms with Gasteiger partial charge in [0.2, 0.25) is 0 Å². The van der Waals surface area contributed by atoms with E-state index in [1.807, 2.05) is 26.8 Å². The third-order valence-electron chi connectivity index (χ3n) is 5.14. The summed E-state index contributed by atoms with van der Waals surface area (Å²) >= 11 is 3.38. The van der Waals surface area contributed by atoms with Crippen LogP contribution in [0, 0.1) is 0 Å². The van der Waals surface area contributed by atoms with E-state index in [9.17, 15) is 9.59 Å². The van der Waals surface area contributed by atoms with E-state index in [1.54, 1.807) is 24.5 Å². The van der Waals surface area contributed by atoms with Gasteiger partial charge in [-0.1, -0.05) is 0 Å². The summed E-state index contributed by atoms with van der Waals surface area (Å²) in [4.78, 5) is 35.8. The van der Waals surface area contributed by atoms with Crippen molar-refractivity contribution in [3.05, 3.63) is 47.0 Å². The summed E-state index contributed by atoms with van der Waals surface area (Å²) in [6, 6.07) is 5.12. The van der Waals surface area contributed by atoms with Crippen molar-refractivity contribution in [2.45, 2.75) is 45.3 Å². The normalized spacial score (nSPS) is 16.5. The Morgan fingerprint density at radius 2 is 2.09 bits per heavy atom. The van der Waals surface area contributed by atoms with Crippen molar-refractivity contribution < 1.29 is 18.7 Å². The summed E-state index contributed by atoms with van der Waals surface area (Å²) in [5, 5.41) is 5.88. The first kappa shape index (κ1) is 23.0. The average molecular weight is 516 g/mol. The number of hydrogen-bond donors (Lipinski definition) is 2. The van der Waals surface area contributed by atoms with E-state index in [0.717, 1.165) is 25.1 Å². The van der Waals surface area contributed by atoms with Gasteiger partial charge in [0.15, 0.2) is 5.58 Å². The number of aromatic nitrogens is 2. The zero-order valence-corrected chi connectivity index (χ0v) is 20.3. The van der Waals surface area contributed by atoms with E-state index < -0.39 is 11.7 Å². The molecule has 4 heterocycles. The molecule has 9 nitrogen and oxygen atoms in total. The number of halogens is 1. The Morgan fingerprint density at radius 3 is 2.88 bits per heavy atom. The molecule has 0 bridgehead atoms. The number of pyridine rings is 2. The standard InChI is InChI=1S/C23H26BrN5O4/c1-23(2,3)33-22(31)26-14-5-4-10-29(12-14)18-8-9-25-11-17(18)28-21(30)16-6-7-19-20(27-16)15(24)13-32-19/h6-9,11,13-14H,4-5,10,12H2,1-3H3,(H,26,31)(H,28,30)/t14-/m0/s1. The number of fused-ring (bicyclic) bond motifs is 1. The van der Waals surface area contributed by atoms with Crippen molar-refractivity contribution in [2.24, 2.45) is 0 Å². The number of piperidine rings is 1. The second-order valence-corrected chi connectivity index (χ2v) is 9.76. The third-order valence-corrected chi connectivity index (χ3v) is 5.70. The molecule has 10 heteroatoms. The molecule has 2 N–H and O–H groups in total. The van der Waals surface area contributed by atoms with E-state index >= 15 is 0 Å². The van der Waals surface area contributed by atoms with Gasteiger partial charge in [-0.15, -0.1) is 0 Å². The number of alkyl carbamates (subject to hydrolysis) is 1. The van der Waals surface area contributed by atoms with Crippen LogP contribution in [0.1, 0.15) is 44.1 Å². The predicted molar refractivity (Wildman–Crippen MR) is 129 cm³/mol. The van der Waals surface area contributed by atoms with Crippen LogP contribution < -0.4 is 15.5 Å². The fraction of sp³-hybridized carbons (Fsp3) is 0.391. The van der Waals surface area contributed by atoms with Gasteiger partial charge in [-0.3, -0.25) is 9.78 Å². The first-order chi connectivity index (χ1) is 15.7. The van der Waals surface area contributed by atoms with Crippen LogP contribution in [0.25, 0.3) is 11.1 Å². The average Bonchev–Trinajstić information content (AvgIpc) is 3.13. The van der Waals surface area contributed by atoms with Crippen LogP contribution in [-0.2, 0) is 4.74 Å². The van der Waals surface area contributed by atoms with Crippen molar-refractivity contribution >= 4 is 50.4 Å². The minimum atomic E-state index is -0.552. The van der Waals surface area contributed by atoms with Gasteiger partial charge in [0.25, 0.3) is 5.91 Å². The molecule has 1 saturated heterocycles. The number of nitrogens with one attached hydrogen (secondary N) is 2. The molecule has 1 aliphatic heterocycles. The van der Waals surface area contributed by atoms with Gasteiger partial charge in [0.1, 0.15) is 23.1 Å². The molecule has 0 aliphatic carbocycles. The van der Waals surface area contributed by atoms with Crippen molar-refractivity contribution in [1.82, 2.24) is 15.3 Å². The summed E-state index contributed by atoms with van der Waals surface area (Å²) < 4.78 is 11.4. The molecule has 3 aromatic heterocycles. The van der Waals surface area contributed by atoms with Crippen LogP contribution in [-0.4, -0.2) is 46.7 Å². The summed E-state index contributed by atoms with van der Waals surface area (Å²) in [6.45, 7) is 6.90. The molecule has 1 fully saturated rings. The molecular formula is C23H26BrN5O4. The Bertz CT molecular complexity index is 1170. The van der Waals surface area contributed by atoms with Crippen LogP contribution >= 0.6 is 15.9 Å². The summed E-state index contributed by atoms with van der Waals surface area (Å²) in [6.07, 6.45) is 6.16. The van der Waals surface area contributed by atoms with Gasteiger partial charge >= 0.3 is 6.09 Å². The van der Waals surface area contributed by atoms with Gasteiger partial charge in [-0.05, 0) is 67.7 Å². The lowest BCUT2D eigenvalue weighted by Gasteiger charge is -2.35. The topological polar surface area (TPSA) is 110 Å². The van der Waals surface area contributed by atoms with Crippen molar-refractivity contribution in [3.63, 3.8) is 0 Å². The Kier molecular flexibility index (Phi) is 6.55. The van der Waals surface area contributed by atoms with E-state index in [-0.39, 0.29) is 17.6 Å². The number of furan rings is 1. The second kappa shape index (κ2) is 9.38. The summed E-state index contributed by atoms with van der Waals surface area (Å²) in [7, 11) is 0.